The van der Waals surface area contributed by atoms with Crippen LogP contribution >= 0.6 is 0 Å². The van der Waals surface area contributed by atoms with E-state index in [9.17, 15) is 22.4 Å². The highest BCUT2D eigenvalue weighted by Crippen LogP contribution is 2.46. The van der Waals surface area contributed by atoms with Crippen molar-refractivity contribution in [3.05, 3.63) is 35.6 Å². The molecule has 1 aliphatic heterocycles. The zero-order valence-electron chi connectivity index (χ0n) is 13.0. The number of carbonyl (C=O) groups excluding carboxylic acids is 2. The first kappa shape index (κ1) is 16.9. The van der Waals surface area contributed by atoms with Crippen LogP contribution in [0.15, 0.2) is 24.3 Å². The fourth-order valence-electron chi connectivity index (χ4n) is 2.87. The first-order valence-corrected chi connectivity index (χ1v) is 9.67. The highest BCUT2D eigenvalue weighted by Gasteiger charge is 2.56. The second-order valence-corrected chi connectivity index (χ2v) is 8.69. The lowest BCUT2D eigenvalue weighted by Crippen LogP contribution is -2.46. The van der Waals surface area contributed by atoms with Crippen LogP contribution < -0.4 is 10.6 Å². The van der Waals surface area contributed by atoms with Gasteiger partial charge in [-0.1, -0.05) is 12.1 Å². The molecule has 1 atom stereocenters. The van der Waals surface area contributed by atoms with Crippen LogP contribution in [0.4, 0.5) is 4.39 Å². The summed E-state index contributed by atoms with van der Waals surface area (Å²) in [5.41, 5.74) is -0.352. The van der Waals surface area contributed by atoms with E-state index in [0.29, 0.717) is 19.3 Å². The lowest BCUT2D eigenvalue weighted by Gasteiger charge is -2.18. The van der Waals surface area contributed by atoms with Crippen LogP contribution in [0.3, 0.4) is 0 Å². The van der Waals surface area contributed by atoms with Gasteiger partial charge in [-0.2, -0.15) is 0 Å². The molecule has 130 valence electrons. The number of sulfone groups is 1. The van der Waals surface area contributed by atoms with Gasteiger partial charge >= 0.3 is 0 Å². The minimum absolute atomic E-state index is 0.0635. The molecule has 8 heteroatoms. The molecule has 0 bridgehead atoms. The summed E-state index contributed by atoms with van der Waals surface area (Å²) in [5.74, 6) is -1.12. The van der Waals surface area contributed by atoms with Gasteiger partial charge in [-0.3, -0.25) is 9.59 Å². The summed E-state index contributed by atoms with van der Waals surface area (Å²) >= 11 is 0. The molecule has 1 saturated heterocycles. The largest absolute Gasteiger partial charge is 0.351 e. The highest BCUT2D eigenvalue weighted by atomic mass is 32.2. The summed E-state index contributed by atoms with van der Waals surface area (Å²) in [4.78, 5) is 24.7. The van der Waals surface area contributed by atoms with E-state index in [1.807, 2.05) is 0 Å². The fourth-order valence-corrected chi connectivity index (χ4v) is 4.54. The minimum Gasteiger partial charge on any atom is -0.351 e. The normalized spacial score (nSPS) is 23.5. The van der Waals surface area contributed by atoms with E-state index < -0.39 is 27.2 Å². The van der Waals surface area contributed by atoms with Crippen molar-refractivity contribution >= 4 is 21.7 Å². The Hall–Kier alpha value is -1.96. The molecule has 24 heavy (non-hydrogen) atoms. The first-order valence-electron chi connectivity index (χ1n) is 7.85. The number of carbonyl (C=O) groups is 2. The Bertz CT molecular complexity index is 757. The minimum atomic E-state index is -3.08. The van der Waals surface area contributed by atoms with Crippen molar-refractivity contribution in [2.75, 3.05) is 11.5 Å². The predicted molar refractivity (Wildman–Crippen MR) is 85.1 cm³/mol. The summed E-state index contributed by atoms with van der Waals surface area (Å²) in [7, 11) is -3.08. The molecule has 2 aliphatic rings. The molecular weight excluding hydrogens is 335 g/mol. The Morgan fingerprint density at radius 2 is 1.83 bits per heavy atom. The summed E-state index contributed by atoms with van der Waals surface area (Å²) in [5, 5.41) is 5.40. The Labute approximate surface area is 139 Å². The number of hydrogen-bond donors (Lipinski definition) is 2. The van der Waals surface area contributed by atoms with Crippen molar-refractivity contribution < 1.29 is 22.4 Å². The number of rotatable bonds is 5. The van der Waals surface area contributed by atoms with Gasteiger partial charge in [-0.05, 0) is 37.0 Å². The number of amides is 2. The Morgan fingerprint density at radius 3 is 2.38 bits per heavy atom. The molecule has 1 aromatic carbocycles. The number of nitrogens with one attached hydrogen (secondary N) is 2. The molecule has 2 fully saturated rings. The van der Waals surface area contributed by atoms with Crippen molar-refractivity contribution in [2.24, 2.45) is 5.41 Å². The molecule has 1 unspecified atom stereocenters. The van der Waals surface area contributed by atoms with E-state index in [2.05, 4.69) is 10.6 Å². The van der Waals surface area contributed by atoms with Crippen molar-refractivity contribution in [1.82, 2.24) is 10.6 Å². The molecule has 2 amide bonds. The molecule has 2 N–H and O–H groups in total. The van der Waals surface area contributed by atoms with Crippen LogP contribution in [0.5, 0.6) is 0 Å². The Kier molecular flexibility index (Phi) is 4.33. The zero-order valence-corrected chi connectivity index (χ0v) is 13.9. The van der Waals surface area contributed by atoms with Crippen molar-refractivity contribution in [1.29, 1.82) is 0 Å². The van der Waals surface area contributed by atoms with Gasteiger partial charge in [0.25, 0.3) is 0 Å². The molecule has 6 nitrogen and oxygen atoms in total. The maximum Gasteiger partial charge on any atom is 0.235 e. The molecule has 0 spiro atoms. The maximum absolute atomic E-state index is 12.9. The van der Waals surface area contributed by atoms with Gasteiger partial charge in [0.05, 0.1) is 11.5 Å². The topological polar surface area (TPSA) is 92.3 Å². The van der Waals surface area contributed by atoms with Crippen LogP contribution in [-0.4, -0.2) is 37.8 Å². The maximum atomic E-state index is 12.9. The highest BCUT2D eigenvalue weighted by molar-refractivity contribution is 7.91. The average Bonchev–Trinajstić information content (AvgIpc) is 3.27. The van der Waals surface area contributed by atoms with Gasteiger partial charge in [0.2, 0.25) is 11.8 Å². The Balaban J connectivity index is 1.55. The standard InChI is InChI=1S/C16H19FN2O4S/c17-12-3-1-11(2-4-12)9-18-14(20)16(6-7-16)15(21)19-13-5-8-24(22,23)10-13/h1-4,13H,5-10H2,(H,18,20)(H,19,21). The third kappa shape index (κ3) is 3.58. The third-order valence-electron chi connectivity index (χ3n) is 4.55. The van der Waals surface area contributed by atoms with E-state index in [-0.39, 0.29) is 29.8 Å². The van der Waals surface area contributed by atoms with E-state index in [1.54, 1.807) is 12.1 Å². The van der Waals surface area contributed by atoms with Crippen molar-refractivity contribution in [2.45, 2.75) is 31.8 Å². The van der Waals surface area contributed by atoms with E-state index in [0.717, 1.165) is 5.56 Å². The van der Waals surface area contributed by atoms with Crippen LogP contribution in [0.25, 0.3) is 0 Å². The average molecular weight is 354 g/mol. The molecule has 0 radical (unpaired) electrons. The van der Waals surface area contributed by atoms with E-state index in [4.69, 9.17) is 0 Å². The number of benzene rings is 1. The summed E-state index contributed by atoms with van der Waals surface area (Å²) in [6, 6.07) is 5.34. The lowest BCUT2D eigenvalue weighted by molar-refractivity contribution is -0.137. The monoisotopic (exact) mass is 354 g/mol. The van der Waals surface area contributed by atoms with E-state index in [1.165, 1.54) is 12.1 Å². The molecule has 1 aliphatic carbocycles. The molecular formula is C16H19FN2O4S. The summed E-state index contributed by atoms with van der Waals surface area (Å²) in [6.07, 6.45) is 1.29. The summed E-state index contributed by atoms with van der Waals surface area (Å²) < 4.78 is 35.8. The predicted octanol–water partition coefficient (Wildman–Crippen LogP) is 0.525. The number of halogens is 1. The van der Waals surface area contributed by atoms with Crippen LogP contribution in [0.2, 0.25) is 0 Å². The first-order chi connectivity index (χ1) is 11.3. The quantitative estimate of drug-likeness (QED) is 0.755. The fraction of sp³-hybridized carbons (Fsp3) is 0.500. The zero-order chi connectivity index (χ0) is 17.4. The van der Waals surface area contributed by atoms with Crippen molar-refractivity contribution in [3.63, 3.8) is 0 Å². The lowest BCUT2D eigenvalue weighted by atomic mass is 10.0. The molecule has 1 aromatic rings. The second-order valence-electron chi connectivity index (χ2n) is 6.46. The SMILES string of the molecule is O=C(NCc1ccc(F)cc1)C1(C(=O)NC2CCS(=O)(=O)C2)CC1. The molecule has 1 heterocycles. The van der Waals surface area contributed by atoms with Crippen molar-refractivity contribution in [3.8, 4) is 0 Å². The Morgan fingerprint density at radius 1 is 1.17 bits per heavy atom. The van der Waals surface area contributed by atoms with Gasteiger partial charge in [-0.25, -0.2) is 12.8 Å². The van der Waals surface area contributed by atoms with Gasteiger partial charge in [0.15, 0.2) is 9.84 Å². The van der Waals surface area contributed by atoms with Crippen LogP contribution in [0.1, 0.15) is 24.8 Å². The molecule has 0 aromatic heterocycles. The second kappa shape index (κ2) is 6.16. The van der Waals surface area contributed by atoms with Crippen LogP contribution in [-0.2, 0) is 26.0 Å². The summed E-state index contributed by atoms with van der Waals surface area (Å²) in [6.45, 7) is 0.214. The smallest absolute Gasteiger partial charge is 0.235 e. The molecule has 1 saturated carbocycles. The number of hydrogen-bond acceptors (Lipinski definition) is 4. The van der Waals surface area contributed by atoms with Gasteiger partial charge in [-0.15, -0.1) is 0 Å². The van der Waals surface area contributed by atoms with Crippen LogP contribution in [0, 0.1) is 11.2 Å². The van der Waals surface area contributed by atoms with E-state index >= 15 is 0 Å². The van der Waals surface area contributed by atoms with Gasteiger partial charge in [0.1, 0.15) is 11.2 Å². The van der Waals surface area contributed by atoms with Gasteiger partial charge < -0.3 is 10.6 Å². The molecule has 3 rings (SSSR count). The van der Waals surface area contributed by atoms with Gasteiger partial charge in [0, 0.05) is 12.6 Å². The third-order valence-corrected chi connectivity index (χ3v) is 6.32.